The molecule has 0 N–H and O–H groups in total. The highest BCUT2D eigenvalue weighted by Gasteiger charge is 2.10. The zero-order valence-electron chi connectivity index (χ0n) is 11.2. The van der Waals surface area contributed by atoms with Crippen LogP contribution in [0.3, 0.4) is 0 Å². The Labute approximate surface area is 126 Å². The van der Waals surface area contributed by atoms with E-state index in [0.29, 0.717) is 10.6 Å². The fourth-order valence-electron chi connectivity index (χ4n) is 2.42. The maximum Gasteiger partial charge on any atom is 0.156 e. The number of hydrogen-bond acceptors (Lipinski definition) is 1. The molecule has 2 nitrogen and oxygen atoms in total. The van der Waals surface area contributed by atoms with Crippen LogP contribution in [0.1, 0.15) is 5.56 Å². The molecule has 0 amide bonds. The number of carbonyl (C=O) groups is 1. The molecule has 0 unspecified atom stereocenters. The Balaban J connectivity index is 1.81. The lowest BCUT2D eigenvalue weighted by atomic mass is 10.1. The minimum atomic E-state index is -0.341. The highest BCUT2D eigenvalue weighted by molar-refractivity contribution is 6.35. The van der Waals surface area contributed by atoms with Crippen molar-refractivity contribution in [1.82, 2.24) is 4.57 Å². The van der Waals surface area contributed by atoms with Crippen LogP contribution in [0.5, 0.6) is 0 Å². The number of aromatic nitrogens is 1. The van der Waals surface area contributed by atoms with E-state index in [1.165, 1.54) is 6.07 Å². The fraction of sp³-hybridized carbons (Fsp3) is 0.118. The summed E-state index contributed by atoms with van der Waals surface area (Å²) in [4.78, 5) is 12.1. The average Bonchev–Trinajstić information content (AvgIpc) is 2.86. The molecule has 2 aromatic carbocycles. The normalized spacial score (nSPS) is 11.0. The summed E-state index contributed by atoms with van der Waals surface area (Å²) in [6.07, 6.45) is 1.92. The van der Waals surface area contributed by atoms with Crippen molar-refractivity contribution in [3.05, 3.63) is 71.1 Å². The van der Waals surface area contributed by atoms with Gasteiger partial charge in [0.15, 0.2) is 5.78 Å². The van der Waals surface area contributed by atoms with E-state index >= 15 is 0 Å². The summed E-state index contributed by atoms with van der Waals surface area (Å²) in [7, 11) is 0. The summed E-state index contributed by atoms with van der Waals surface area (Å²) in [5.74, 6) is -0.385. The Morgan fingerprint density at radius 2 is 1.90 bits per heavy atom. The van der Waals surface area contributed by atoms with Crippen molar-refractivity contribution in [1.29, 1.82) is 0 Å². The van der Waals surface area contributed by atoms with Gasteiger partial charge in [-0.05, 0) is 29.8 Å². The van der Waals surface area contributed by atoms with Gasteiger partial charge in [-0.1, -0.05) is 35.9 Å². The van der Waals surface area contributed by atoms with E-state index in [9.17, 15) is 9.18 Å². The SMILES string of the molecule is O=C(Cc1ccccc1F)Cn1ccc2c(Cl)cccc21. The summed E-state index contributed by atoms with van der Waals surface area (Å²) in [5.41, 5.74) is 1.33. The monoisotopic (exact) mass is 301 g/mol. The Kier molecular flexibility index (Phi) is 3.76. The van der Waals surface area contributed by atoms with Crippen LogP contribution in [0.25, 0.3) is 10.9 Å². The van der Waals surface area contributed by atoms with Gasteiger partial charge in [0.25, 0.3) is 0 Å². The molecular formula is C17H13ClFNO. The van der Waals surface area contributed by atoms with Crippen LogP contribution < -0.4 is 0 Å². The molecule has 1 heterocycles. The topological polar surface area (TPSA) is 22.0 Å². The third-order valence-electron chi connectivity index (χ3n) is 3.45. The van der Waals surface area contributed by atoms with Gasteiger partial charge >= 0.3 is 0 Å². The van der Waals surface area contributed by atoms with Crippen molar-refractivity contribution in [2.45, 2.75) is 13.0 Å². The molecule has 0 fully saturated rings. The van der Waals surface area contributed by atoms with E-state index in [4.69, 9.17) is 11.6 Å². The minimum Gasteiger partial charge on any atom is -0.340 e. The second kappa shape index (κ2) is 5.70. The summed E-state index contributed by atoms with van der Waals surface area (Å²) in [6.45, 7) is 0.207. The van der Waals surface area contributed by atoms with Gasteiger partial charge in [-0.15, -0.1) is 0 Å². The summed E-state index contributed by atoms with van der Waals surface area (Å²) in [5, 5.41) is 1.57. The zero-order chi connectivity index (χ0) is 14.8. The number of fused-ring (bicyclic) bond motifs is 1. The lowest BCUT2D eigenvalue weighted by molar-refractivity contribution is -0.118. The van der Waals surface area contributed by atoms with Crippen LogP contribution >= 0.6 is 11.6 Å². The van der Waals surface area contributed by atoms with Gasteiger partial charge in [0.1, 0.15) is 5.82 Å². The molecule has 21 heavy (non-hydrogen) atoms. The smallest absolute Gasteiger partial charge is 0.156 e. The van der Waals surface area contributed by atoms with E-state index < -0.39 is 0 Å². The molecule has 0 aliphatic rings. The molecule has 0 bridgehead atoms. The number of halogens is 2. The van der Waals surface area contributed by atoms with Crippen molar-refractivity contribution < 1.29 is 9.18 Å². The molecular weight excluding hydrogens is 289 g/mol. The average molecular weight is 302 g/mol. The summed E-state index contributed by atoms with van der Waals surface area (Å²) >= 11 is 6.11. The Hall–Kier alpha value is -2.13. The van der Waals surface area contributed by atoms with Gasteiger partial charge in [0.05, 0.1) is 6.54 Å². The van der Waals surface area contributed by atoms with E-state index in [2.05, 4.69) is 0 Å². The maximum atomic E-state index is 13.6. The summed E-state index contributed by atoms with van der Waals surface area (Å²) < 4.78 is 15.4. The standard InChI is InChI=1S/C17H13ClFNO/c18-15-5-3-7-17-14(15)8-9-20(17)11-13(21)10-12-4-1-2-6-16(12)19/h1-9H,10-11H2. The zero-order valence-corrected chi connectivity index (χ0v) is 12.0. The molecule has 0 aliphatic heterocycles. The predicted molar refractivity (Wildman–Crippen MR) is 82.1 cm³/mol. The van der Waals surface area contributed by atoms with Crippen molar-refractivity contribution in [3.63, 3.8) is 0 Å². The van der Waals surface area contributed by atoms with E-state index in [-0.39, 0.29) is 24.6 Å². The molecule has 3 rings (SSSR count). The first-order valence-electron chi connectivity index (χ1n) is 6.63. The lowest BCUT2D eigenvalue weighted by Gasteiger charge is -2.06. The van der Waals surface area contributed by atoms with Gasteiger partial charge in [0, 0.05) is 28.5 Å². The van der Waals surface area contributed by atoms with E-state index in [1.807, 2.05) is 35.0 Å². The molecule has 4 heteroatoms. The number of hydrogen-bond donors (Lipinski definition) is 0. The quantitative estimate of drug-likeness (QED) is 0.706. The molecule has 1 aromatic heterocycles. The Morgan fingerprint density at radius 3 is 2.71 bits per heavy atom. The third kappa shape index (κ3) is 2.83. The van der Waals surface area contributed by atoms with Crippen molar-refractivity contribution in [3.8, 4) is 0 Å². The lowest BCUT2D eigenvalue weighted by Crippen LogP contribution is -2.12. The fourth-order valence-corrected chi connectivity index (χ4v) is 2.66. The second-order valence-corrected chi connectivity index (χ2v) is 5.33. The van der Waals surface area contributed by atoms with Crippen LogP contribution in [-0.4, -0.2) is 10.4 Å². The number of benzene rings is 2. The minimum absolute atomic E-state index is 0.0439. The Bertz CT molecular complexity index is 809. The molecule has 0 aliphatic carbocycles. The summed E-state index contributed by atoms with van der Waals surface area (Å²) in [6, 6.07) is 13.8. The molecule has 0 radical (unpaired) electrons. The molecule has 0 atom stereocenters. The first kappa shape index (κ1) is 13.8. The third-order valence-corrected chi connectivity index (χ3v) is 3.78. The second-order valence-electron chi connectivity index (χ2n) is 4.92. The number of nitrogens with zero attached hydrogens (tertiary/aromatic N) is 1. The van der Waals surface area contributed by atoms with Crippen LogP contribution in [0.2, 0.25) is 5.02 Å². The number of ketones is 1. The number of rotatable bonds is 4. The molecule has 3 aromatic rings. The van der Waals surface area contributed by atoms with Crippen LogP contribution in [-0.2, 0) is 17.8 Å². The molecule has 0 saturated carbocycles. The van der Waals surface area contributed by atoms with Crippen LogP contribution in [0.15, 0.2) is 54.7 Å². The molecule has 0 saturated heterocycles. The van der Waals surface area contributed by atoms with E-state index in [0.717, 1.165) is 10.9 Å². The first-order chi connectivity index (χ1) is 10.1. The van der Waals surface area contributed by atoms with Crippen molar-refractivity contribution in [2.24, 2.45) is 0 Å². The van der Waals surface area contributed by atoms with Crippen molar-refractivity contribution >= 4 is 28.3 Å². The first-order valence-corrected chi connectivity index (χ1v) is 7.01. The van der Waals surface area contributed by atoms with Gasteiger partial charge in [-0.25, -0.2) is 4.39 Å². The number of Topliss-reactive ketones (excluding diaryl/α,β-unsaturated/α-hetero) is 1. The van der Waals surface area contributed by atoms with E-state index in [1.54, 1.807) is 18.2 Å². The van der Waals surface area contributed by atoms with Gasteiger partial charge in [0.2, 0.25) is 0 Å². The largest absolute Gasteiger partial charge is 0.340 e. The van der Waals surface area contributed by atoms with Gasteiger partial charge < -0.3 is 4.57 Å². The van der Waals surface area contributed by atoms with Gasteiger partial charge in [-0.2, -0.15) is 0 Å². The predicted octanol–water partition coefficient (Wildman–Crippen LogP) is 4.25. The van der Waals surface area contributed by atoms with Gasteiger partial charge in [-0.3, -0.25) is 4.79 Å². The maximum absolute atomic E-state index is 13.6. The van der Waals surface area contributed by atoms with Crippen LogP contribution in [0, 0.1) is 5.82 Å². The number of carbonyl (C=O) groups excluding carboxylic acids is 1. The molecule has 0 spiro atoms. The van der Waals surface area contributed by atoms with Crippen LogP contribution in [0.4, 0.5) is 4.39 Å². The highest BCUT2D eigenvalue weighted by Crippen LogP contribution is 2.24. The van der Waals surface area contributed by atoms with Crippen molar-refractivity contribution in [2.75, 3.05) is 0 Å². The Morgan fingerprint density at radius 1 is 1.10 bits per heavy atom. The molecule has 106 valence electrons. The highest BCUT2D eigenvalue weighted by atomic mass is 35.5.